The Balaban J connectivity index is 2.42. The average Bonchev–Trinajstić information content (AvgIpc) is 2.38. The molecular weight excluding hydrogens is 318 g/mol. The van der Waals surface area contributed by atoms with E-state index in [1.165, 1.54) is 11.8 Å². The van der Waals surface area contributed by atoms with E-state index in [4.69, 9.17) is 5.11 Å². The Morgan fingerprint density at radius 3 is 2.61 bits per heavy atom. The van der Waals surface area contributed by atoms with Crippen LogP contribution in [0.4, 0.5) is 5.69 Å². The highest BCUT2D eigenvalue weighted by Crippen LogP contribution is 2.17. The topological polar surface area (TPSA) is 69.6 Å². The van der Waals surface area contributed by atoms with Crippen molar-refractivity contribution in [1.29, 1.82) is 0 Å². The number of rotatable bonds is 6. The summed E-state index contributed by atoms with van der Waals surface area (Å²) in [5.41, 5.74) is 0.735. The SMILES string of the molecule is C[C@@H](SC[C@@H](O)CO)C(=O)Nc1ccc(Br)cc1. The predicted molar refractivity (Wildman–Crippen MR) is 77.8 cm³/mol. The number of aliphatic hydroxyl groups is 2. The Morgan fingerprint density at radius 2 is 2.06 bits per heavy atom. The third kappa shape index (κ3) is 5.39. The van der Waals surface area contributed by atoms with Crippen molar-refractivity contribution in [1.82, 2.24) is 0 Å². The number of thioether (sulfide) groups is 1. The number of benzene rings is 1. The maximum atomic E-state index is 11.8. The lowest BCUT2D eigenvalue weighted by molar-refractivity contribution is -0.115. The fourth-order valence-corrected chi connectivity index (χ4v) is 2.25. The lowest BCUT2D eigenvalue weighted by Crippen LogP contribution is -2.25. The molecule has 1 amide bonds. The average molecular weight is 334 g/mol. The molecule has 100 valence electrons. The van der Waals surface area contributed by atoms with E-state index in [-0.39, 0.29) is 17.8 Å². The number of halogens is 1. The van der Waals surface area contributed by atoms with E-state index >= 15 is 0 Å². The van der Waals surface area contributed by atoms with E-state index in [0.717, 1.165) is 10.2 Å². The Morgan fingerprint density at radius 1 is 1.44 bits per heavy atom. The second kappa shape index (κ2) is 7.78. The van der Waals surface area contributed by atoms with Gasteiger partial charge in [0, 0.05) is 15.9 Å². The molecule has 0 fully saturated rings. The number of hydrogen-bond donors (Lipinski definition) is 3. The summed E-state index contributed by atoms with van der Waals surface area (Å²) >= 11 is 4.63. The number of anilines is 1. The van der Waals surface area contributed by atoms with Gasteiger partial charge in [0.1, 0.15) is 0 Å². The summed E-state index contributed by atoms with van der Waals surface area (Å²) in [6, 6.07) is 7.32. The zero-order valence-corrected chi connectivity index (χ0v) is 12.4. The second-order valence-electron chi connectivity index (χ2n) is 3.81. The lowest BCUT2D eigenvalue weighted by Gasteiger charge is -2.13. The van der Waals surface area contributed by atoms with E-state index in [2.05, 4.69) is 21.2 Å². The van der Waals surface area contributed by atoms with Gasteiger partial charge in [-0.05, 0) is 31.2 Å². The molecule has 4 nitrogen and oxygen atoms in total. The first-order valence-corrected chi connectivity index (χ1v) is 7.34. The van der Waals surface area contributed by atoms with Gasteiger partial charge in [-0.25, -0.2) is 0 Å². The number of hydrogen-bond acceptors (Lipinski definition) is 4. The summed E-state index contributed by atoms with van der Waals surface area (Å²) < 4.78 is 0.953. The Hall–Kier alpha value is -0.560. The fraction of sp³-hybridized carbons (Fsp3) is 0.417. The van der Waals surface area contributed by atoms with Crippen molar-refractivity contribution in [3.63, 3.8) is 0 Å². The summed E-state index contributed by atoms with van der Waals surface area (Å²) in [5, 5.41) is 20.4. The maximum absolute atomic E-state index is 11.8. The summed E-state index contributed by atoms with van der Waals surface area (Å²) in [6.07, 6.45) is -0.780. The summed E-state index contributed by atoms with van der Waals surface area (Å²) in [7, 11) is 0. The molecule has 1 rings (SSSR count). The number of carbonyl (C=O) groups is 1. The van der Waals surface area contributed by atoms with Crippen molar-refractivity contribution in [2.24, 2.45) is 0 Å². The molecule has 0 aliphatic rings. The first kappa shape index (κ1) is 15.5. The van der Waals surface area contributed by atoms with E-state index in [9.17, 15) is 9.90 Å². The van der Waals surface area contributed by atoms with Crippen LogP contribution in [0.5, 0.6) is 0 Å². The molecule has 0 radical (unpaired) electrons. The van der Waals surface area contributed by atoms with Crippen LogP contribution in [-0.4, -0.2) is 39.8 Å². The second-order valence-corrected chi connectivity index (χ2v) is 6.10. The van der Waals surface area contributed by atoms with E-state index in [0.29, 0.717) is 5.75 Å². The van der Waals surface area contributed by atoms with Crippen LogP contribution in [-0.2, 0) is 4.79 Å². The Kier molecular flexibility index (Phi) is 6.70. The number of amides is 1. The van der Waals surface area contributed by atoms with Gasteiger partial charge in [-0.3, -0.25) is 4.79 Å². The van der Waals surface area contributed by atoms with Crippen molar-refractivity contribution < 1.29 is 15.0 Å². The van der Waals surface area contributed by atoms with Crippen LogP contribution < -0.4 is 5.32 Å². The highest BCUT2D eigenvalue weighted by atomic mass is 79.9. The molecule has 0 saturated heterocycles. The van der Waals surface area contributed by atoms with Gasteiger partial charge in [0.05, 0.1) is 18.0 Å². The minimum absolute atomic E-state index is 0.118. The third-order valence-electron chi connectivity index (χ3n) is 2.23. The monoisotopic (exact) mass is 333 g/mol. The maximum Gasteiger partial charge on any atom is 0.237 e. The highest BCUT2D eigenvalue weighted by molar-refractivity contribution is 9.10. The Labute approximate surface area is 119 Å². The third-order valence-corrected chi connectivity index (χ3v) is 4.05. The van der Waals surface area contributed by atoms with Gasteiger partial charge in [-0.1, -0.05) is 15.9 Å². The van der Waals surface area contributed by atoms with Crippen LogP contribution in [0, 0.1) is 0 Å². The van der Waals surface area contributed by atoms with Crippen LogP contribution in [0.3, 0.4) is 0 Å². The number of nitrogens with one attached hydrogen (secondary N) is 1. The van der Waals surface area contributed by atoms with E-state index < -0.39 is 6.10 Å². The van der Waals surface area contributed by atoms with Gasteiger partial charge >= 0.3 is 0 Å². The van der Waals surface area contributed by atoms with Crippen molar-refractivity contribution in [3.8, 4) is 0 Å². The zero-order chi connectivity index (χ0) is 13.5. The molecule has 3 N–H and O–H groups in total. The molecule has 1 aromatic rings. The van der Waals surface area contributed by atoms with Crippen molar-refractivity contribution in [3.05, 3.63) is 28.7 Å². The lowest BCUT2D eigenvalue weighted by atomic mass is 10.3. The predicted octanol–water partition coefficient (Wildman–Crippen LogP) is 1.86. The molecule has 0 aliphatic heterocycles. The molecule has 6 heteroatoms. The minimum Gasteiger partial charge on any atom is -0.394 e. The molecule has 0 saturated carbocycles. The Bertz CT molecular complexity index is 385. The van der Waals surface area contributed by atoms with Gasteiger partial charge in [0.25, 0.3) is 0 Å². The van der Waals surface area contributed by atoms with Gasteiger partial charge in [0.2, 0.25) is 5.91 Å². The largest absolute Gasteiger partial charge is 0.394 e. The van der Waals surface area contributed by atoms with Gasteiger partial charge < -0.3 is 15.5 Å². The number of carbonyl (C=O) groups excluding carboxylic acids is 1. The molecule has 18 heavy (non-hydrogen) atoms. The van der Waals surface area contributed by atoms with Gasteiger partial charge in [0.15, 0.2) is 0 Å². The quantitative estimate of drug-likeness (QED) is 0.743. The first-order valence-electron chi connectivity index (χ1n) is 5.50. The van der Waals surface area contributed by atoms with Crippen LogP contribution in [0.15, 0.2) is 28.7 Å². The van der Waals surface area contributed by atoms with Crippen LogP contribution >= 0.6 is 27.7 Å². The summed E-state index contributed by atoms with van der Waals surface area (Å²) in [6.45, 7) is 1.48. The van der Waals surface area contributed by atoms with Crippen molar-refractivity contribution >= 4 is 39.3 Å². The standard InChI is InChI=1S/C12H16BrNO3S/c1-8(18-7-11(16)6-15)12(17)14-10-4-2-9(13)3-5-10/h2-5,8,11,15-16H,6-7H2,1H3,(H,14,17)/t8-,11+/m1/s1. The normalized spacial score (nSPS) is 14.0. The van der Waals surface area contributed by atoms with Crippen molar-refractivity contribution in [2.75, 3.05) is 17.7 Å². The van der Waals surface area contributed by atoms with Crippen LogP contribution in [0.2, 0.25) is 0 Å². The first-order chi connectivity index (χ1) is 8.52. The smallest absolute Gasteiger partial charge is 0.237 e. The zero-order valence-electron chi connectivity index (χ0n) is 9.97. The number of aliphatic hydroxyl groups excluding tert-OH is 2. The molecule has 0 heterocycles. The molecule has 2 atom stereocenters. The molecule has 1 aromatic carbocycles. The summed E-state index contributed by atoms with van der Waals surface area (Å²) in [4.78, 5) is 11.8. The molecule has 0 spiro atoms. The van der Waals surface area contributed by atoms with Crippen LogP contribution in [0.1, 0.15) is 6.92 Å². The summed E-state index contributed by atoms with van der Waals surface area (Å²) in [5.74, 6) is 0.221. The fourth-order valence-electron chi connectivity index (χ4n) is 1.16. The van der Waals surface area contributed by atoms with Crippen LogP contribution in [0.25, 0.3) is 0 Å². The van der Waals surface area contributed by atoms with E-state index in [1.807, 2.05) is 24.3 Å². The van der Waals surface area contributed by atoms with Crippen molar-refractivity contribution in [2.45, 2.75) is 18.3 Å². The molecule has 0 aliphatic carbocycles. The van der Waals surface area contributed by atoms with E-state index in [1.54, 1.807) is 6.92 Å². The molecular formula is C12H16BrNO3S. The van der Waals surface area contributed by atoms with Gasteiger partial charge in [-0.2, -0.15) is 0 Å². The molecule has 0 bridgehead atoms. The molecule has 0 unspecified atom stereocenters. The highest BCUT2D eigenvalue weighted by Gasteiger charge is 2.15. The van der Waals surface area contributed by atoms with Gasteiger partial charge in [-0.15, -0.1) is 11.8 Å². The molecule has 0 aromatic heterocycles. The minimum atomic E-state index is -0.780.